The molecule has 1 aromatic heterocycles. The van der Waals surface area contributed by atoms with E-state index in [1.54, 1.807) is 0 Å². The van der Waals surface area contributed by atoms with E-state index in [4.69, 9.17) is 9.63 Å². The number of carboxylic acid groups (broad SMARTS) is 1. The molecule has 0 aromatic carbocycles. The molecule has 0 aliphatic rings. The number of aromatic carboxylic acids is 1. The lowest BCUT2D eigenvalue weighted by Crippen LogP contribution is -2.32. The van der Waals surface area contributed by atoms with E-state index in [-0.39, 0.29) is 5.69 Å². The Kier molecular flexibility index (Phi) is 4.06. The van der Waals surface area contributed by atoms with Crippen LogP contribution < -0.4 is 0 Å². The summed E-state index contributed by atoms with van der Waals surface area (Å²) in [5, 5.41) is 12.2. The number of aromatic nitrogens is 1. The van der Waals surface area contributed by atoms with Crippen LogP contribution in [-0.2, 0) is 6.54 Å². The van der Waals surface area contributed by atoms with E-state index in [0.717, 1.165) is 0 Å². The zero-order valence-electron chi connectivity index (χ0n) is 10.1. The molecule has 1 heterocycles. The van der Waals surface area contributed by atoms with E-state index in [9.17, 15) is 4.79 Å². The van der Waals surface area contributed by atoms with Gasteiger partial charge in [0.05, 0.1) is 6.54 Å². The fourth-order valence-corrected chi connectivity index (χ4v) is 1.39. The van der Waals surface area contributed by atoms with Gasteiger partial charge in [0.2, 0.25) is 0 Å². The van der Waals surface area contributed by atoms with Crippen LogP contribution >= 0.6 is 0 Å². The fourth-order valence-electron chi connectivity index (χ4n) is 1.39. The number of rotatable bonds is 5. The highest BCUT2D eigenvalue weighted by Gasteiger charge is 2.17. The Morgan fingerprint density at radius 1 is 1.56 bits per heavy atom. The molecule has 1 rings (SSSR count). The number of hydrogen-bond acceptors (Lipinski definition) is 4. The number of hydrogen-bond donors (Lipinski definition) is 1. The molecule has 90 valence electrons. The summed E-state index contributed by atoms with van der Waals surface area (Å²) < 4.78 is 4.95. The Bertz CT molecular complexity index is 360. The molecule has 16 heavy (non-hydrogen) atoms. The molecule has 0 aliphatic heterocycles. The van der Waals surface area contributed by atoms with E-state index in [2.05, 4.69) is 30.8 Å². The second-order valence-electron chi connectivity index (χ2n) is 4.38. The average molecular weight is 226 g/mol. The average Bonchev–Trinajstić information content (AvgIpc) is 2.64. The SMILES string of the molecule is CC(C)C(C)N(C)Cc1cc(C(=O)O)no1. The van der Waals surface area contributed by atoms with Crippen molar-refractivity contribution in [2.75, 3.05) is 7.05 Å². The topological polar surface area (TPSA) is 66.6 Å². The van der Waals surface area contributed by atoms with Gasteiger partial charge in [-0.2, -0.15) is 0 Å². The second kappa shape index (κ2) is 5.12. The maximum atomic E-state index is 10.6. The molecule has 0 spiro atoms. The van der Waals surface area contributed by atoms with Crippen LogP contribution in [0.5, 0.6) is 0 Å². The van der Waals surface area contributed by atoms with Crippen LogP contribution in [0.15, 0.2) is 10.6 Å². The minimum Gasteiger partial charge on any atom is -0.476 e. The van der Waals surface area contributed by atoms with Crippen LogP contribution in [-0.4, -0.2) is 34.2 Å². The van der Waals surface area contributed by atoms with Gasteiger partial charge in [-0.25, -0.2) is 4.79 Å². The molecule has 0 radical (unpaired) electrons. The quantitative estimate of drug-likeness (QED) is 0.829. The molecule has 1 N–H and O–H groups in total. The maximum Gasteiger partial charge on any atom is 0.358 e. The Labute approximate surface area is 95.0 Å². The standard InChI is InChI=1S/C11H18N2O3/c1-7(2)8(3)13(4)6-9-5-10(11(14)15)12-16-9/h5,7-8H,6H2,1-4H3,(H,14,15). The van der Waals surface area contributed by atoms with Gasteiger partial charge in [0.15, 0.2) is 11.5 Å². The minimum absolute atomic E-state index is 0.0411. The third-order valence-corrected chi connectivity index (χ3v) is 2.84. The Morgan fingerprint density at radius 3 is 2.62 bits per heavy atom. The molecule has 5 heteroatoms. The molecular formula is C11H18N2O3. The van der Waals surface area contributed by atoms with Crippen LogP contribution in [0.2, 0.25) is 0 Å². The zero-order chi connectivity index (χ0) is 12.3. The molecule has 1 aromatic rings. The molecule has 0 fully saturated rings. The van der Waals surface area contributed by atoms with Gasteiger partial charge >= 0.3 is 5.97 Å². The molecule has 5 nitrogen and oxygen atoms in total. The first-order valence-corrected chi connectivity index (χ1v) is 5.31. The van der Waals surface area contributed by atoms with Gasteiger partial charge in [-0.1, -0.05) is 19.0 Å². The number of carbonyl (C=O) groups is 1. The van der Waals surface area contributed by atoms with Crippen molar-refractivity contribution in [3.63, 3.8) is 0 Å². The lowest BCUT2D eigenvalue weighted by Gasteiger charge is -2.26. The van der Waals surface area contributed by atoms with Crippen molar-refractivity contribution >= 4 is 5.97 Å². The first-order chi connectivity index (χ1) is 7.41. The van der Waals surface area contributed by atoms with E-state index >= 15 is 0 Å². The van der Waals surface area contributed by atoms with Crippen LogP contribution in [0.1, 0.15) is 37.0 Å². The van der Waals surface area contributed by atoms with E-state index in [0.29, 0.717) is 24.3 Å². The van der Waals surface area contributed by atoms with E-state index in [1.165, 1.54) is 6.07 Å². The van der Waals surface area contributed by atoms with Gasteiger partial charge in [0.25, 0.3) is 0 Å². The van der Waals surface area contributed by atoms with Crippen LogP contribution in [0.25, 0.3) is 0 Å². The normalized spacial score (nSPS) is 13.4. The second-order valence-corrected chi connectivity index (χ2v) is 4.38. The predicted octanol–water partition coefficient (Wildman–Crippen LogP) is 1.85. The van der Waals surface area contributed by atoms with Gasteiger partial charge < -0.3 is 9.63 Å². The third-order valence-electron chi connectivity index (χ3n) is 2.84. The molecule has 0 saturated carbocycles. The van der Waals surface area contributed by atoms with Gasteiger partial charge in [-0.15, -0.1) is 0 Å². The summed E-state index contributed by atoms with van der Waals surface area (Å²) in [5.41, 5.74) is -0.0411. The Balaban J connectivity index is 2.62. The summed E-state index contributed by atoms with van der Waals surface area (Å²) in [6.07, 6.45) is 0. The van der Waals surface area contributed by atoms with Crippen LogP contribution in [0.4, 0.5) is 0 Å². The Morgan fingerprint density at radius 2 is 2.19 bits per heavy atom. The summed E-state index contributed by atoms with van der Waals surface area (Å²) in [4.78, 5) is 12.7. The van der Waals surface area contributed by atoms with Crippen molar-refractivity contribution in [1.82, 2.24) is 10.1 Å². The molecule has 1 unspecified atom stereocenters. The predicted molar refractivity (Wildman–Crippen MR) is 59.2 cm³/mol. The lowest BCUT2D eigenvalue weighted by molar-refractivity contribution is 0.0685. The molecule has 0 saturated heterocycles. The lowest BCUT2D eigenvalue weighted by atomic mass is 10.1. The summed E-state index contributed by atoms with van der Waals surface area (Å²) in [5.74, 6) is 0.0498. The molecule has 0 aliphatic carbocycles. The highest BCUT2D eigenvalue weighted by molar-refractivity contribution is 5.85. The number of carboxylic acids is 1. The highest BCUT2D eigenvalue weighted by atomic mass is 16.5. The summed E-state index contributed by atoms with van der Waals surface area (Å²) in [7, 11) is 1.98. The third kappa shape index (κ3) is 3.06. The van der Waals surface area contributed by atoms with Crippen molar-refractivity contribution in [3.8, 4) is 0 Å². The smallest absolute Gasteiger partial charge is 0.358 e. The van der Waals surface area contributed by atoms with Crippen LogP contribution in [0.3, 0.4) is 0 Å². The van der Waals surface area contributed by atoms with Gasteiger partial charge in [0, 0.05) is 12.1 Å². The maximum absolute atomic E-state index is 10.6. The first kappa shape index (κ1) is 12.7. The van der Waals surface area contributed by atoms with E-state index < -0.39 is 5.97 Å². The fraction of sp³-hybridized carbons (Fsp3) is 0.636. The highest BCUT2D eigenvalue weighted by Crippen LogP contribution is 2.13. The van der Waals surface area contributed by atoms with Gasteiger partial charge in [-0.3, -0.25) is 4.90 Å². The monoisotopic (exact) mass is 226 g/mol. The summed E-state index contributed by atoms with van der Waals surface area (Å²) >= 11 is 0. The molecular weight excluding hydrogens is 208 g/mol. The van der Waals surface area contributed by atoms with E-state index in [1.807, 2.05) is 7.05 Å². The van der Waals surface area contributed by atoms with Crippen LogP contribution in [0, 0.1) is 5.92 Å². The van der Waals surface area contributed by atoms with Crippen molar-refractivity contribution in [3.05, 3.63) is 17.5 Å². The molecule has 1 atom stereocenters. The summed E-state index contributed by atoms with van der Waals surface area (Å²) in [6.45, 7) is 6.98. The minimum atomic E-state index is -1.06. The van der Waals surface area contributed by atoms with Crippen molar-refractivity contribution in [1.29, 1.82) is 0 Å². The number of nitrogens with zero attached hydrogens (tertiary/aromatic N) is 2. The van der Waals surface area contributed by atoms with Gasteiger partial charge in [0.1, 0.15) is 0 Å². The van der Waals surface area contributed by atoms with Gasteiger partial charge in [-0.05, 0) is 19.9 Å². The van der Waals surface area contributed by atoms with Crippen molar-refractivity contribution in [2.45, 2.75) is 33.4 Å². The molecule has 0 amide bonds. The Hall–Kier alpha value is -1.36. The molecule has 0 bridgehead atoms. The van der Waals surface area contributed by atoms with Crippen molar-refractivity contribution < 1.29 is 14.4 Å². The summed E-state index contributed by atoms with van der Waals surface area (Å²) in [6, 6.07) is 1.87. The largest absolute Gasteiger partial charge is 0.476 e. The first-order valence-electron chi connectivity index (χ1n) is 5.31. The zero-order valence-corrected chi connectivity index (χ0v) is 10.1. The van der Waals surface area contributed by atoms with Crippen molar-refractivity contribution in [2.24, 2.45) is 5.92 Å².